The van der Waals surface area contributed by atoms with Crippen LogP contribution in [0.1, 0.15) is 39.9 Å². The van der Waals surface area contributed by atoms with Crippen molar-refractivity contribution in [2.75, 3.05) is 27.2 Å². The van der Waals surface area contributed by atoms with E-state index < -0.39 is 41.0 Å². The molecular weight excluding hydrogens is 500 g/mol. The van der Waals surface area contributed by atoms with E-state index in [4.69, 9.17) is 0 Å². The Labute approximate surface area is 210 Å². The highest BCUT2D eigenvalue weighted by Crippen LogP contribution is 2.37. The van der Waals surface area contributed by atoms with E-state index in [1.165, 1.54) is 11.1 Å². The van der Waals surface area contributed by atoms with E-state index in [0.717, 1.165) is 5.56 Å². The number of carbonyl (C=O) groups is 2. The molecule has 1 unspecified atom stereocenters. The number of aliphatic imine (C=N–C) groups is 1. The number of rotatable bonds is 6. The van der Waals surface area contributed by atoms with Crippen molar-refractivity contribution in [2.24, 2.45) is 10.9 Å². The summed E-state index contributed by atoms with van der Waals surface area (Å²) in [6, 6.07) is 9.46. The van der Waals surface area contributed by atoms with E-state index in [1.807, 2.05) is 12.1 Å². The molecule has 37 heavy (non-hydrogen) atoms. The van der Waals surface area contributed by atoms with Crippen LogP contribution in [0.15, 0.2) is 53.5 Å². The van der Waals surface area contributed by atoms with Crippen LogP contribution in [0.3, 0.4) is 0 Å². The molecule has 0 spiro atoms. The molecule has 0 N–H and O–H groups in total. The van der Waals surface area contributed by atoms with Gasteiger partial charge in [0.25, 0.3) is 11.8 Å². The highest BCUT2D eigenvalue weighted by Gasteiger charge is 2.39. The Bertz CT molecular complexity index is 1100. The zero-order chi connectivity index (χ0) is 27.4. The smallest absolute Gasteiger partial charge is 0.335 e. The Hall–Kier alpha value is -3.21. The highest BCUT2D eigenvalue weighted by atomic mass is 19.4. The average Bonchev–Trinajstić information content (AvgIpc) is 2.81. The van der Waals surface area contributed by atoms with Crippen molar-refractivity contribution in [1.29, 1.82) is 0 Å². The molecule has 5 nitrogen and oxygen atoms in total. The third-order valence-corrected chi connectivity index (χ3v) is 6.05. The summed E-state index contributed by atoms with van der Waals surface area (Å²) in [5.41, 5.74) is -2.89. The number of halogens is 6. The van der Waals surface area contributed by atoms with E-state index in [0.29, 0.717) is 31.4 Å². The largest absolute Gasteiger partial charge is 0.416 e. The van der Waals surface area contributed by atoms with Crippen LogP contribution in [0.4, 0.5) is 26.3 Å². The molecule has 0 aliphatic carbocycles. The maximum absolute atomic E-state index is 13.4. The first kappa shape index (κ1) is 28.4. The molecule has 200 valence electrons. The van der Waals surface area contributed by atoms with Gasteiger partial charge in [0.1, 0.15) is 0 Å². The van der Waals surface area contributed by atoms with Gasteiger partial charge in [-0.3, -0.25) is 9.59 Å². The van der Waals surface area contributed by atoms with Crippen molar-refractivity contribution >= 4 is 18.0 Å². The normalized spacial score (nSPS) is 19.0. The van der Waals surface area contributed by atoms with Crippen LogP contribution in [-0.4, -0.2) is 61.1 Å². The fourth-order valence-corrected chi connectivity index (χ4v) is 4.31. The lowest BCUT2D eigenvalue weighted by Gasteiger charge is -2.39. The minimum Gasteiger partial charge on any atom is -0.335 e. The van der Waals surface area contributed by atoms with Crippen LogP contribution in [0.25, 0.3) is 0 Å². The summed E-state index contributed by atoms with van der Waals surface area (Å²) in [4.78, 5) is 32.3. The fourth-order valence-electron chi connectivity index (χ4n) is 4.31. The third kappa shape index (κ3) is 7.88. The van der Waals surface area contributed by atoms with Gasteiger partial charge in [-0.15, -0.1) is 0 Å². The number of hydrogen-bond donors (Lipinski definition) is 0. The van der Waals surface area contributed by atoms with Crippen molar-refractivity contribution in [3.05, 3.63) is 70.8 Å². The molecule has 1 saturated heterocycles. The molecule has 0 saturated carbocycles. The van der Waals surface area contributed by atoms with Crippen LogP contribution in [-0.2, 0) is 23.6 Å². The second-order valence-corrected chi connectivity index (χ2v) is 9.33. The van der Waals surface area contributed by atoms with Gasteiger partial charge in [-0.05, 0) is 63.0 Å². The molecule has 2 atom stereocenters. The first-order valence-electron chi connectivity index (χ1n) is 11.6. The minimum absolute atomic E-state index is 0.00563. The van der Waals surface area contributed by atoms with E-state index >= 15 is 0 Å². The Morgan fingerprint density at radius 3 is 2.14 bits per heavy atom. The molecule has 0 radical (unpaired) electrons. The minimum atomic E-state index is -5.05. The molecule has 1 aliphatic heterocycles. The summed E-state index contributed by atoms with van der Waals surface area (Å²) in [6.07, 6.45) is -7.53. The van der Waals surface area contributed by atoms with Gasteiger partial charge in [0.15, 0.2) is 0 Å². The molecule has 2 aromatic rings. The van der Waals surface area contributed by atoms with Gasteiger partial charge in [0.2, 0.25) is 0 Å². The molecule has 0 aromatic heterocycles. The summed E-state index contributed by atoms with van der Waals surface area (Å²) in [5.74, 6) is -1.43. The van der Waals surface area contributed by atoms with E-state index in [2.05, 4.69) is 4.99 Å². The van der Waals surface area contributed by atoms with Crippen LogP contribution < -0.4 is 0 Å². The number of likely N-dealkylation sites (N-methyl/N-ethyl adjacent to an activating group) is 1. The third-order valence-electron chi connectivity index (χ3n) is 6.05. The van der Waals surface area contributed by atoms with Gasteiger partial charge in [-0.1, -0.05) is 30.3 Å². The predicted octanol–water partition coefficient (Wildman–Crippen LogP) is 5.35. The van der Waals surface area contributed by atoms with Gasteiger partial charge in [0, 0.05) is 24.4 Å². The maximum atomic E-state index is 13.4. The number of carbonyl (C=O) groups excluding carboxylic acids is 2. The zero-order valence-corrected chi connectivity index (χ0v) is 20.3. The summed E-state index contributed by atoms with van der Waals surface area (Å²) in [5, 5.41) is 0. The molecule has 2 amide bonds. The lowest BCUT2D eigenvalue weighted by atomic mass is 9.87. The first-order valence-corrected chi connectivity index (χ1v) is 11.6. The highest BCUT2D eigenvalue weighted by molar-refractivity contribution is 5.95. The zero-order valence-electron chi connectivity index (χ0n) is 20.3. The topological polar surface area (TPSA) is 53.0 Å². The van der Waals surface area contributed by atoms with Crippen LogP contribution in [0.2, 0.25) is 0 Å². The molecule has 1 fully saturated rings. The number of hydrogen-bond acceptors (Lipinski definition) is 3. The Morgan fingerprint density at radius 2 is 1.59 bits per heavy atom. The van der Waals surface area contributed by atoms with Gasteiger partial charge in [-0.2, -0.15) is 26.3 Å². The SMILES string of the molecule is CN(C)CC(=O)N=CC1CCN(C(=O)c2cc(C(F)(F)F)cc(C(F)(F)F)c2)[C@H](Cc2ccccc2)C1. The summed E-state index contributed by atoms with van der Waals surface area (Å²) < 4.78 is 80.1. The van der Waals surface area contributed by atoms with Crippen molar-refractivity contribution in [3.63, 3.8) is 0 Å². The van der Waals surface area contributed by atoms with Gasteiger partial charge in [-0.25, -0.2) is 4.99 Å². The molecule has 1 aliphatic rings. The van der Waals surface area contributed by atoms with Gasteiger partial charge >= 0.3 is 12.4 Å². The monoisotopic (exact) mass is 527 g/mol. The molecule has 3 rings (SSSR count). The number of likely N-dealkylation sites (tertiary alicyclic amines) is 1. The summed E-state index contributed by atoms with van der Waals surface area (Å²) >= 11 is 0. The van der Waals surface area contributed by atoms with Crippen molar-refractivity contribution < 1.29 is 35.9 Å². The van der Waals surface area contributed by atoms with Crippen molar-refractivity contribution in [3.8, 4) is 0 Å². The lowest BCUT2D eigenvalue weighted by Crippen LogP contribution is -2.47. The molecular formula is C26H27F6N3O2. The summed E-state index contributed by atoms with van der Waals surface area (Å²) in [6.45, 7) is 0.213. The standard InChI is InChI=1S/C26H27F6N3O2/c1-34(2)16-23(36)33-15-18-8-9-35(22(11-18)10-17-6-4-3-5-7-17)24(37)19-12-20(25(27,28)29)14-21(13-19)26(30,31)32/h3-7,12-15,18,22H,8-11,16H2,1-2H3/t18?,22-/m1/s1. The first-order chi connectivity index (χ1) is 17.2. The average molecular weight is 528 g/mol. The second kappa shape index (κ2) is 11.5. The van der Waals surface area contributed by atoms with E-state index in [9.17, 15) is 35.9 Å². The number of nitrogens with zero attached hydrogens (tertiary/aromatic N) is 3. The second-order valence-electron chi connectivity index (χ2n) is 9.33. The van der Waals surface area contributed by atoms with Gasteiger partial charge in [0.05, 0.1) is 17.7 Å². The van der Waals surface area contributed by atoms with Gasteiger partial charge < -0.3 is 9.80 Å². The van der Waals surface area contributed by atoms with Crippen LogP contribution in [0, 0.1) is 5.92 Å². The Balaban J connectivity index is 1.92. The molecule has 1 heterocycles. The van der Waals surface area contributed by atoms with Crippen molar-refractivity contribution in [1.82, 2.24) is 9.80 Å². The Morgan fingerprint density at radius 1 is 1.00 bits per heavy atom. The number of benzene rings is 2. The fraction of sp³-hybridized carbons (Fsp3) is 0.423. The van der Waals surface area contributed by atoms with Crippen molar-refractivity contribution in [2.45, 2.75) is 37.7 Å². The maximum Gasteiger partial charge on any atom is 0.416 e. The predicted molar refractivity (Wildman–Crippen MR) is 126 cm³/mol. The molecule has 2 aromatic carbocycles. The lowest BCUT2D eigenvalue weighted by molar-refractivity contribution is -0.143. The quantitative estimate of drug-likeness (QED) is 0.376. The van der Waals surface area contributed by atoms with Crippen LogP contribution in [0.5, 0.6) is 0 Å². The van der Waals surface area contributed by atoms with E-state index in [-0.39, 0.29) is 31.0 Å². The Kier molecular flexibility index (Phi) is 8.78. The number of amides is 2. The van der Waals surface area contributed by atoms with Crippen LogP contribution >= 0.6 is 0 Å². The number of piperidine rings is 1. The number of alkyl halides is 6. The molecule has 11 heteroatoms. The summed E-state index contributed by atoms with van der Waals surface area (Å²) in [7, 11) is 3.46. The van der Waals surface area contributed by atoms with E-state index in [1.54, 1.807) is 37.2 Å². The molecule has 0 bridgehead atoms.